The molecular weight excluding hydrogens is 426 g/mol. The largest absolute Gasteiger partial charge is 0.468 e. The number of aryl methyl sites for hydroxylation is 1. The van der Waals surface area contributed by atoms with Gasteiger partial charge in [-0.15, -0.1) is 0 Å². The van der Waals surface area contributed by atoms with Crippen LogP contribution in [-0.2, 0) is 0 Å². The van der Waals surface area contributed by atoms with Crippen LogP contribution < -0.4 is 15.0 Å². The summed E-state index contributed by atoms with van der Waals surface area (Å²) in [6.45, 7) is 6.10. The Hall–Kier alpha value is -3.51. The number of ether oxygens (including phenoxy) is 1. The first-order chi connectivity index (χ1) is 16.6. The molecule has 4 aliphatic rings. The van der Waals surface area contributed by atoms with E-state index in [9.17, 15) is 9.59 Å². The molecular formula is C28H28N3O3+. The average Bonchev–Trinajstić information content (AvgIpc) is 3.37. The highest BCUT2D eigenvalue weighted by Gasteiger charge is 2.46. The van der Waals surface area contributed by atoms with Gasteiger partial charge in [0.05, 0.1) is 5.57 Å². The first-order valence-electron chi connectivity index (χ1n) is 12.1. The van der Waals surface area contributed by atoms with Gasteiger partial charge < -0.3 is 15.0 Å². The van der Waals surface area contributed by atoms with E-state index in [0.717, 1.165) is 36.5 Å². The fraction of sp³-hybridized carbons (Fsp3) is 0.321. The summed E-state index contributed by atoms with van der Waals surface area (Å²) in [5, 5.41) is 3.48. The average molecular weight is 455 g/mol. The number of allylic oxidation sites excluding steroid dienone is 1. The van der Waals surface area contributed by atoms with Gasteiger partial charge in [0.2, 0.25) is 23.3 Å². The van der Waals surface area contributed by atoms with Gasteiger partial charge in [-0.05, 0) is 58.0 Å². The van der Waals surface area contributed by atoms with Crippen LogP contribution in [0.2, 0.25) is 0 Å². The molecule has 2 heterocycles. The normalized spacial score (nSPS) is 21.1. The first-order valence-corrected chi connectivity index (χ1v) is 12.1. The molecule has 0 spiro atoms. The molecule has 1 fully saturated rings. The van der Waals surface area contributed by atoms with Crippen molar-refractivity contribution in [2.45, 2.75) is 32.3 Å². The van der Waals surface area contributed by atoms with Crippen LogP contribution in [0.3, 0.4) is 0 Å². The van der Waals surface area contributed by atoms with Crippen LogP contribution in [0.4, 0.5) is 5.69 Å². The van der Waals surface area contributed by atoms with Crippen molar-refractivity contribution in [1.82, 2.24) is 10.2 Å². The summed E-state index contributed by atoms with van der Waals surface area (Å²) in [5.41, 5.74) is 4.98. The Bertz CT molecular complexity index is 1300. The fourth-order valence-electron chi connectivity index (χ4n) is 5.43. The third-order valence-corrected chi connectivity index (χ3v) is 7.18. The second-order valence-corrected chi connectivity index (χ2v) is 9.39. The molecule has 2 aliphatic carbocycles. The van der Waals surface area contributed by atoms with Crippen molar-refractivity contribution >= 4 is 23.0 Å². The molecule has 0 amide bonds. The minimum Gasteiger partial charge on any atom is -0.468 e. The third-order valence-electron chi connectivity index (χ3n) is 7.18. The van der Waals surface area contributed by atoms with Gasteiger partial charge in [-0.1, -0.05) is 36.4 Å². The van der Waals surface area contributed by atoms with Crippen molar-refractivity contribution in [2.24, 2.45) is 0 Å². The third kappa shape index (κ3) is 3.41. The number of ketones is 2. The van der Waals surface area contributed by atoms with Gasteiger partial charge >= 0.3 is 0 Å². The predicted octanol–water partition coefficient (Wildman–Crippen LogP) is 2.26. The van der Waals surface area contributed by atoms with Gasteiger partial charge in [0.1, 0.15) is 5.57 Å². The molecule has 2 N–H and O–H groups in total. The lowest BCUT2D eigenvalue weighted by atomic mass is 9.76. The number of benzene rings is 2. The van der Waals surface area contributed by atoms with E-state index >= 15 is 0 Å². The van der Waals surface area contributed by atoms with Crippen molar-refractivity contribution < 1.29 is 19.3 Å². The summed E-state index contributed by atoms with van der Waals surface area (Å²) in [6.07, 6.45) is 5.01. The number of carbonyl (C=O) groups is 2. The number of Topliss-reactive ketones (excluding diaryl/α,β-unsaturated/α-hetero) is 2. The predicted molar refractivity (Wildman–Crippen MR) is 130 cm³/mol. The summed E-state index contributed by atoms with van der Waals surface area (Å²) in [7, 11) is 0. The number of nitrogens with zero attached hydrogens (tertiary/aromatic N) is 1. The van der Waals surface area contributed by atoms with E-state index in [-0.39, 0.29) is 11.6 Å². The number of likely N-dealkylation sites (tertiary alicyclic amines) is 1. The first kappa shape index (κ1) is 21.1. The molecule has 172 valence electrons. The molecule has 0 aromatic heterocycles. The topological polar surface area (TPSA) is 72.6 Å². The molecule has 1 atom stereocenters. The van der Waals surface area contributed by atoms with Crippen LogP contribution in [0, 0.1) is 6.92 Å². The van der Waals surface area contributed by atoms with Crippen LogP contribution in [0.25, 0.3) is 0 Å². The van der Waals surface area contributed by atoms with Gasteiger partial charge in [0, 0.05) is 28.9 Å². The molecule has 6 heteroatoms. The molecule has 0 bridgehead atoms. The van der Waals surface area contributed by atoms with E-state index in [2.05, 4.69) is 15.2 Å². The Morgan fingerprint density at radius 2 is 1.74 bits per heavy atom. The quantitative estimate of drug-likeness (QED) is 0.679. The highest BCUT2D eigenvalue weighted by atomic mass is 16.5. The summed E-state index contributed by atoms with van der Waals surface area (Å²) < 4.78 is 6.33. The van der Waals surface area contributed by atoms with Crippen LogP contribution in [0.15, 0.2) is 65.4 Å². The molecule has 34 heavy (non-hydrogen) atoms. The molecule has 2 aromatic carbocycles. The number of nitrogens with one attached hydrogen (secondary N) is 2. The number of rotatable bonds is 5. The Morgan fingerprint density at radius 3 is 2.50 bits per heavy atom. The number of hydrogen-bond acceptors (Lipinski definition) is 5. The van der Waals surface area contributed by atoms with Crippen molar-refractivity contribution in [2.75, 3.05) is 26.2 Å². The molecule has 1 saturated heterocycles. The van der Waals surface area contributed by atoms with Crippen molar-refractivity contribution in [1.29, 1.82) is 0 Å². The van der Waals surface area contributed by atoms with E-state index in [1.54, 1.807) is 18.2 Å². The minimum atomic E-state index is -0.462. The summed E-state index contributed by atoms with van der Waals surface area (Å²) >= 11 is 0. The van der Waals surface area contributed by atoms with Gasteiger partial charge in [-0.25, -0.2) is 4.99 Å². The molecule has 6 nitrogen and oxygen atoms in total. The minimum absolute atomic E-state index is 0.119. The van der Waals surface area contributed by atoms with Gasteiger partial charge in [-0.3, -0.25) is 9.59 Å². The van der Waals surface area contributed by atoms with E-state index < -0.39 is 6.10 Å². The number of hydrogen-bond donors (Lipinski definition) is 2. The van der Waals surface area contributed by atoms with Crippen LogP contribution in [0.1, 0.15) is 45.5 Å². The maximum absolute atomic E-state index is 13.7. The molecule has 0 radical (unpaired) electrons. The van der Waals surface area contributed by atoms with E-state index in [1.165, 1.54) is 25.9 Å². The molecule has 2 aliphatic heterocycles. The van der Waals surface area contributed by atoms with Gasteiger partial charge in [-0.2, -0.15) is 0 Å². The Morgan fingerprint density at radius 1 is 1.00 bits per heavy atom. The van der Waals surface area contributed by atoms with E-state index in [1.807, 2.05) is 37.3 Å². The number of para-hydroxylation sites is 1. The second-order valence-electron chi connectivity index (χ2n) is 9.39. The zero-order valence-electron chi connectivity index (χ0n) is 19.3. The summed E-state index contributed by atoms with van der Waals surface area (Å²) in [6, 6.07) is 13.0. The second kappa shape index (κ2) is 8.37. The van der Waals surface area contributed by atoms with Crippen molar-refractivity contribution in [3.05, 3.63) is 82.1 Å². The lowest BCUT2D eigenvalue weighted by Crippen LogP contribution is -2.74. The molecule has 2 aromatic rings. The van der Waals surface area contributed by atoms with Gasteiger partial charge in [0.15, 0.2) is 11.5 Å². The maximum Gasteiger partial charge on any atom is 0.249 e. The van der Waals surface area contributed by atoms with E-state index in [0.29, 0.717) is 33.7 Å². The Labute approximate surface area is 199 Å². The monoisotopic (exact) mass is 454 g/mol. The van der Waals surface area contributed by atoms with Crippen LogP contribution in [0.5, 0.6) is 5.75 Å². The highest BCUT2D eigenvalue weighted by molar-refractivity contribution is 6.39. The lowest BCUT2D eigenvalue weighted by Gasteiger charge is -2.30. The van der Waals surface area contributed by atoms with Crippen LogP contribution >= 0.6 is 0 Å². The summed E-state index contributed by atoms with van der Waals surface area (Å²) in [5.74, 6) is 0.493. The standard InChI is InChI=1S/C28H27N3O3/c1-17-8-6-11-21-25(17)30-26-22(34-21)16-20(29-12-7-15-31-13-4-5-14-31)23-24(26)28(33)19-10-3-2-9-18(19)27(23)32/h2-3,6,8-11,16,22,29H,4-5,7,12-15H2,1H3/p+1. The molecule has 1 unspecified atom stereocenters. The van der Waals surface area contributed by atoms with E-state index in [4.69, 9.17) is 4.74 Å². The van der Waals surface area contributed by atoms with Crippen LogP contribution in [-0.4, -0.2) is 54.5 Å². The SMILES string of the molecule is Cc1cccc2c1[NH+]=C1C3=C(C(=O)c4ccccc4C3=O)C(NCCCN3CCCC3)=CC1O2. The highest BCUT2D eigenvalue weighted by Crippen LogP contribution is 2.36. The number of carbonyl (C=O) groups excluding carboxylic acids is 2. The maximum atomic E-state index is 13.7. The lowest BCUT2D eigenvalue weighted by molar-refractivity contribution is -0.363. The Balaban J connectivity index is 1.39. The molecule has 6 rings (SSSR count). The van der Waals surface area contributed by atoms with Gasteiger partial charge in [0.25, 0.3) is 0 Å². The summed E-state index contributed by atoms with van der Waals surface area (Å²) in [4.78, 5) is 33.3. The zero-order valence-corrected chi connectivity index (χ0v) is 19.3. The molecule has 0 saturated carbocycles. The smallest absolute Gasteiger partial charge is 0.249 e. The van der Waals surface area contributed by atoms with Crippen molar-refractivity contribution in [3.8, 4) is 5.75 Å². The number of fused-ring (bicyclic) bond motifs is 4. The van der Waals surface area contributed by atoms with Crippen molar-refractivity contribution in [3.63, 3.8) is 0 Å². The zero-order chi connectivity index (χ0) is 23.2. The Kier molecular flexibility index (Phi) is 5.18. The fourth-order valence-corrected chi connectivity index (χ4v) is 5.43.